The number of alkyl halides is 4. The molecule has 1 atom stereocenters. The number of rotatable bonds is 9. The molecule has 1 unspecified atom stereocenters. The van der Waals surface area contributed by atoms with E-state index in [1.807, 2.05) is 0 Å². The monoisotopic (exact) mass is 260 g/mol. The highest BCUT2D eigenvalue weighted by Gasteiger charge is 2.27. The molecule has 0 aromatic heterocycles. The van der Waals surface area contributed by atoms with Crippen molar-refractivity contribution in [3.8, 4) is 0 Å². The summed E-state index contributed by atoms with van der Waals surface area (Å²) in [4.78, 5) is 0. The standard InChI is InChI=1S/C11H20ClF3O/c1-2-6-10(12)7-4-3-5-8-16-9-11(13,14)15/h10H,2-9H2,1H3. The first kappa shape index (κ1) is 16.0. The molecule has 0 aromatic rings. The number of halogens is 4. The van der Waals surface area contributed by atoms with Gasteiger partial charge in [0.15, 0.2) is 0 Å². The lowest BCUT2D eigenvalue weighted by atomic mass is 10.1. The van der Waals surface area contributed by atoms with Crippen LogP contribution in [-0.4, -0.2) is 24.8 Å². The molecular formula is C11H20ClF3O. The molecule has 0 aromatic carbocycles. The van der Waals surface area contributed by atoms with Crippen LogP contribution in [0.5, 0.6) is 0 Å². The third kappa shape index (κ3) is 12.1. The molecule has 0 radical (unpaired) electrons. The Labute approximate surface area is 100 Å². The number of unbranched alkanes of at least 4 members (excludes halogenated alkanes) is 2. The Kier molecular flexibility index (Phi) is 9.13. The first-order chi connectivity index (χ1) is 7.45. The van der Waals surface area contributed by atoms with Crippen LogP contribution in [0.2, 0.25) is 0 Å². The second-order valence-corrected chi connectivity index (χ2v) is 4.52. The molecule has 1 nitrogen and oxygen atoms in total. The zero-order chi connectivity index (χ0) is 12.4. The maximum absolute atomic E-state index is 11.7. The molecule has 0 N–H and O–H groups in total. The van der Waals surface area contributed by atoms with Crippen LogP contribution in [0, 0.1) is 0 Å². The van der Waals surface area contributed by atoms with E-state index in [9.17, 15) is 13.2 Å². The van der Waals surface area contributed by atoms with E-state index < -0.39 is 12.8 Å². The fourth-order valence-electron chi connectivity index (χ4n) is 1.39. The fraction of sp³-hybridized carbons (Fsp3) is 1.00. The van der Waals surface area contributed by atoms with Crippen LogP contribution in [0.15, 0.2) is 0 Å². The Morgan fingerprint density at radius 1 is 1.12 bits per heavy atom. The van der Waals surface area contributed by atoms with Gasteiger partial charge in [-0.05, 0) is 19.3 Å². The Morgan fingerprint density at radius 3 is 2.38 bits per heavy atom. The Bertz CT molecular complexity index is 162. The van der Waals surface area contributed by atoms with Crippen molar-refractivity contribution < 1.29 is 17.9 Å². The van der Waals surface area contributed by atoms with Gasteiger partial charge in [-0.15, -0.1) is 11.6 Å². The molecule has 0 aliphatic heterocycles. The third-order valence-electron chi connectivity index (χ3n) is 2.17. The number of hydrogen-bond donors (Lipinski definition) is 0. The van der Waals surface area contributed by atoms with Crippen molar-refractivity contribution in [3.05, 3.63) is 0 Å². The van der Waals surface area contributed by atoms with Crippen molar-refractivity contribution in [1.29, 1.82) is 0 Å². The summed E-state index contributed by atoms with van der Waals surface area (Å²) in [5, 5.41) is 0.209. The van der Waals surface area contributed by atoms with Gasteiger partial charge in [0.1, 0.15) is 6.61 Å². The molecular weight excluding hydrogens is 241 g/mol. The van der Waals surface area contributed by atoms with Crippen molar-refractivity contribution >= 4 is 11.6 Å². The maximum atomic E-state index is 11.7. The molecule has 0 aliphatic rings. The molecule has 0 bridgehead atoms. The van der Waals surface area contributed by atoms with Crippen LogP contribution in [0.1, 0.15) is 45.4 Å². The second kappa shape index (κ2) is 9.11. The predicted molar refractivity (Wildman–Crippen MR) is 59.9 cm³/mol. The van der Waals surface area contributed by atoms with Crippen molar-refractivity contribution in [2.45, 2.75) is 57.0 Å². The average Bonchev–Trinajstić information content (AvgIpc) is 2.15. The van der Waals surface area contributed by atoms with Crippen LogP contribution in [0.3, 0.4) is 0 Å². The number of hydrogen-bond acceptors (Lipinski definition) is 1. The van der Waals surface area contributed by atoms with Gasteiger partial charge in [-0.1, -0.05) is 26.2 Å². The van der Waals surface area contributed by atoms with Crippen LogP contribution >= 0.6 is 11.6 Å². The van der Waals surface area contributed by atoms with E-state index in [1.54, 1.807) is 0 Å². The van der Waals surface area contributed by atoms with E-state index in [0.29, 0.717) is 6.42 Å². The summed E-state index contributed by atoms with van der Waals surface area (Å²) in [7, 11) is 0. The fourth-order valence-corrected chi connectivity index (χ4v) is 1.76. The summed E-state index contributed by atoms with van der Waals surface area (Å²) in [6, 6.07) is 0. The molecule has 98 valence electrons. The maximum Gasteiger partial charge on any atom is 0.411 e. The van der Waals surface area contributed by atoms with E-state index >= 15 is 0 Å². The predicted octanol–water partition coefficient (Wildman–Crippen LogP) is 4.53. The smallest absolute Gasteiger partial charge is 0.372 e. The van der Waals surface area contributed by atoms with Crippen LogP contribution in [0.4, 0.5) is 13.2 Å². The highest BCUT2D eigenvalue weighted by atomic mass is 35.5. The van der Waals surface area contributed by atoms with Gasteiger partial charge < -0.3 is 4.74 Å². The summed E-state index contributed by atoms with van der Waals surface area (Å²) < 4.78 is 39.5. The van der Waals surface area contributed by atoms with Gasteiger partial charge in [-0.3, -0.25) is 0 Å². The van der Waals surface area contributed by atoms with E-state index in [-0.39, 0.29) is 12.0 Å². The van der Waals surface area contributed by atoms with E-state index in [0.717, 1.165) is 32.1 Å². The normalized spacial score (nSPS) is 14.1. The van der Waals surface area contributed by atoms with Gasteiger partial charge in [-0.25, -0.2) is 0 Å². The van der Waals surface area contributed by atoms with Crippen molar-refractivity contribution in [3.63, 3.8) is 0 Å². The molecule has 0 saturated carbocycles. The lowest BCUT2D eigenvalue weighted by molar-refractivity contribution is -0.174. The molecule has 0 amide bonds. The van der Waals surface area contributed by atoms with Crippen LogP contribution in [0.25, 0.3) is 0 Å². The van der Waals surface area contributed by atoms with Gasteiger partial charge in [0.25, 0.3) is 0 Å². The van der Waals surface area contributed by atoms with Crippen molar-refractivity contribution in [1.82, 2.24) is 0 Å². The van der Waals surface area contributed by atoms with Gasteiger partial charge in [-0.2, -0.15) is 13.2 Å². The molecule has 0 heterocycles. The molecule has 0 saturated heterocycles. The minimum Gasteiger partial charge on any atom is -0.372 e. The Hall–Kier alpha value is 0.0400. The summed E-state index contributed by atoms with van der Waals surface area (Å²) >= 11 is 6.00. The summed E-state index contributed by atoms with van der Waals surface area (Å²) in [6.07, 6.45) is 1.33. The largest absolute Gasteiger partial charge is 0.411 e. The van der Waals surface area contributed by atoms with Crippen molar-refractivity contribution in [2.24, 2.45) is 0 Å². The molecule has 0 rings (SSSR count). The quantitative estimate of drug-likeness (QED) is 0.437. The zero-order valence-electron chi connectivity index (χ0n) is 9.65. The minimum absolute atomic E-state index is 0.181. The topological polar surface area (TPSA) is 9.23 Å². The molecule has 0 spiro atoms. The molecule has 16 heavy (non-hydrogen) atoms. The third-order valence-corrected chi connectivity index (χ3v) is 2.61. The summed E-state index contributed by atoms with van der Waals surface area (Å²) in [5.74, 6) is 0. The second-order valence-electron chi connectivity index (χ2n) is 3.90. The summed E-state index contributed by atoms with van der Waals surface area (Å²) in [5.41, 5.74) is 0. The van der Waals surface area contributed by atoms with Crippen molar-refractivity contribution in [2.75, 3.05) is 13.2 Å². The van der Waals surface area contributed by atoms with Gasteiger partial charge >= 0.3 is 6.18 Å². The van der Waals surface area contributed by atoms with Gasteiger partial charge in [0, 0.05) is 12.0 Å². The lowest BCUT2D eigenvalue weighted by Gasteiger charge is -2.08. The van der Waals surface area contributed by atoms with E-state index in [2.05, 4.69) is 11.7 Å². The van der Waals surface area contributed by atoms with E-state index in [1.165, 1.54) is 0 Å². The van der Waals surface area contributed by atoms with Crippen LogP contribution < -0.4 is 0 Å². The highest BCUT2D eigenvalue weighted by molar-refractivity contribution is 6.20. The lowest BCUT2D eigenvalue weighted by Crippen LogP contribution is -2.17. The Balaban J connectivity index is 3.16. The highest BCUT2D eigenvalue weighted by Crippen LogP contribution is 2.16. The SMILES string of the molecule is CCCC(Cl)CCCCCOCC(F)(F)F. The Morgan fingerprint density at radius 2 is 1.81 bits per heavy atom. The number of ether oxygens (including phenoxy) is 1. The first-order valence-corrected chi connectivity index (χ1v) is 6.18. The first-order valence-electron chi connectivity index (χ1n) is 5.74. The molecule has 5 heteroatoms. The molecule has 0 fully saturated rings. The molecule has 0 aliphatic carbocycles. The zero-order valence-corrected chi connectivity index (χ0v) is 10.4. The average molecular weight is 261 g/mol. The minimum atomic E-state index is -4.21. The van der Waals surface area contributed by atoms with E-state index in [4.69, 9.17) is 11.6 Å². The van der Waals surface area contributed by atoms with Gasteiger partial charge in [0.05, 0.1) is 0 Å². The summed E-state index contributed by atoms with van der Waals surface area (Å²) in [6.45, 7) is 1.13. The van der Waals surface area contributed by atoms with Crippen LogP contribution in [-0.2, 0) is 4.74 Å². The van der Waals surface area contributed by atoms with Gasteiger partial charge in [0.2, 0.25) is 0 Å².